The van der Waals surface area contributed by atoms with Crippen molar-refractivity contribution in [2.75, 3.05) is 18.3 Å². The van der Waals surface area contributed by atoms with Gasteiger partial charge < -0.3 is 4.90 Å². The molecule has 0 bridgehead atoms. The minimum Gasteiger partial charge on any atom is -0.341 e. The molecule has 0 spiro atoms. The number of halogens is 4. The van der Waals surface area contributed by atoms with Gasteiger partial charge in [0.1, 0.15) is 5.82 Å². The van der Waals surface area contributed by atoms with E-state index in [0.29, 0.717) is 0 Å². The Kier molecular flexibility index (Phi) is 6.33. The number of carbonyl (C=O) groups excluding carboxylic acids is 1. The van der Waals surface area contributed by atoms with Gasteiger partial charge in [-0.1, -0.05) is 0 Å². The molecule has 0 unspecified atom stereocenters. The third-order valence-electron chi connectivity index (χ3n) is 3.90. The first-order chi connectivity index (χ1) is 12.9. The van der Waals surface area contributed by atoms with Gasteiger partial charge in [-0.3, -0.25) is 9.52 Å². The van der Waals surface area contributed by atoms with Gasteiger partial charge in [0.2, 0.25) is 0 Å². The van der Waals surface area contributed by atoms with Crippen LogP contribution in [0.3, 0.4) is 0 Å². The topological polar surface area (TPSA) is 66.5 Å². The van der Waals surface area contributed by atoms with Gasteiger partial charge in [0, 0.05) is 24.8 Å². The van der Waals surface area contributed by atoms with Gasteiger partial charge in [-0.15, -0.1) is 0 Å². The second-order valence-electron chi connectivity index (χ2n) is 6.19. The highest BCUT2D eigenvalue weighted by molar-refractivity contribution is 7.92. The summed E-state index contributed by atoms with van der Waals surface area (Å²) in [6, 6.07) is 8.60. The van der Waals surface area contributed by atoms with Crippen molar-refractivity contribution in [1.29, 1.82) is 0 Å². The molecule has 1 amide bonds. The number of alkyl halides is 3. The molecular formula is C18H18F4N2O3S. The number of benzene rings is 2. The Bertz CT molecular complexity index is 958. The predicted octanol–water partition coefficient (Wildman–Crippen LogP) is 3.96. The maximum atomic E-state index is 13.3. The van der Waals surface area contributed by atoms with Gasteiger partial charge in [0.25, 0.3) is 15.9 Å². The number of aryl methyl sites for hydroxylation is 1. The van der Waals surface area contributed by atoms with Crippen molar-refractivity contribution in [2.45, 2.75) is 24.4 Å². The monoisotopic (exact) mass is 418 g/mol. The van der Waals surface area contributed by atoms with E-state index in [1.54, 1.807) is 0 Å². The molecule has 0 aliphatic heterocycles. The SMILES string of the molecule is Cc1cc(S(=O)(=O)Nc2ccc(C(=O)N(C)CCC(F)(F)F)cc2)ccc1F. The lowest BCUT2D eigenvalue weighted by atomic mass is 10.2. The van der Waals surface area contributed by atoms with Gasteiger partial charge in [0.15, 0.2) is 0 Å². The Morgan fingerprint density at radius 3 is 2.25 bits per heavy atom. The molecule has 0 saturated heterocycles. The van der Waals surface area contributed by atoms with E-state index in [4.69, 9.17) is 0 Å². The number of hydrogen-bond acceptors (Lipinski definition) is 3. The fourth-order valence-electron chi connectivity index (χ4n) is 2.30. The number of anilines is 1. The number of sulfonamides is 1. The van der Waals surface area contributed by atoms with Crippen LogP contribution in [0, 0.1) is 12.7 Å². The standard InChI is InChI=1S/C18H18F4N2O3S/c1-12-11-15(7-8-16(12)19)28(26,27)23-14-5-3-13(4-6-14)17(25)24(2)10-9-18(20,21)22/h3-8,11,23H,9-10H2,1-2H3. The highest BCUT2D eigenvalue weighted by Gasteiger charge is 2.28. The molecule has 1 N–H and O–H groups in total. The normalized spacial score (nSPS) is 11.9. The van der Waals surface area contributed by atoms with Crippen molar-refractivity contribution in [3.8, 4) is 0 Å². The van der Waals surface area contributed by atoms with Crippen LogP contribution in [0.25, 0.3) is 0 Å². The average molecular weight is 418 g/mol. The minimum atomic E-state index is -4.37. The second kappa shape index (κ2) is 8.17. The molecule has 0 fully saturated rings. The van der Waals surface area contributed by atoms with Gasteiger partial charge in [-0.25, -0.2) is 12.8 Å². The van der Waals surface area contributed by atoms with Crippen LogP contribution in [0.2, 0.25) is 0 Å². The zero-order valence-corrected chi connectivity index (χ0v) is 15.9. The summed E-state index contributed by atoms with van der Waals surface area (Å²) in [6.45, 7) is 0.949. The van der Waals surface area contributed by atoms with Crippen molar-refractivity contribution in [2.24, 2.45) is 0 Å². The van der Waals surface area contributed by atoms with E-state index in [9.17, 15) is 30.8 Å². The van der Waals surface area contributed by atoms with E-state index >= 15 is 0 Å². The Hall–Kier alpha value is -2.62. The van der Waals surface area contributed by atoms with Crippen molar-refractivity contribution in [3.05, 3.63) is 59.4 Å². The van der Waals surface area contributed by atoms with E-state index in [2.05, 4.69) is 4.72 Å². The molecule has 10 heteroatoms. The van der Waals surface area contributed by atoms with E-state index in [1.807, 2.05) is 0 Å². The molecule has 28 heavy (non-hydrogen) atoms. The summed E-state index contributed by atoms with van der Waals surface area (Å²) in [4.78, 5) is 12.9. The summed E-state index contributed by atoms with van der Waals surface area (Å²) in [5.74, 6) is -1.15. The summed E-state index contributed by atoms with van der Waals surface area (Å²) in [5.41, 5.74) is 0.437. The van der Waals surface area contributed by atoms with Crippen LogP contribution < -0.4 is 4.72 Å². The molecule has 2 aromatic rings. The Morgan fingerprint density at radius 2 is 1.71 bits per heavy atom. The average Bonchev–Trinajstić information content (AvgIpc) is 2.61. The molecule has 0 aromatic heterocycles. The zero-order valence-electron chi connectivity index (χ0n) is 15.0. The number of amides is 1. The molecule has 0 atom stereocenters. The molecule has 0 heterocycles. The van der Waals surface area contributed by atoms with E-state index in [0.717, 1.165) is 17.0 Å². The first-order valence-corrected chi connectivity index (χ1v) is 9.58. The van der Waals surface area contributed by atoms with Gasteiger partial charge >= 0.3 is 6.18 Å². The van der Waals surface area contributed by atoms with Crippen LogP contribution in [0.4, 0.5) is 23.2 Å². The summed E-state index contributed by atoms with van der Waals surface area (Å²) < 4.78 is 77.1. The first-order valence-electron chi connectivity index (χ1n) is 8.10. The lowest BCUT2D eigenvalue weighted by Crippen LogP contribution is -2.30. The zero-order chi connectivity index (χ0) is 21.1. The molecule has 5 nitrogen and oxygen atoms in total. The number of nitrogens with zero attached hydrogens (tertiary/aromatic N) is 1. The lowest BCUT2D eigenvalue weighted by Gasteiger charge is -2.18. The highest BCUT2D eigenvalue weighted by Crippen LogP contribution is 2.21. The Labute approximate surface area is 160 Å². The minimum absolute atomic E-state index is 0.116. The summed E-state index contributed by atoms with van der Waals surface area (Å²) in [6.07, 6.45) is -5.49. The maximum Gasteiger partial charge on any atom is 0.390 e. The summed E-state index contributed by atoms with van der Waals surface area (Å²) in [5, 5.41) is 0. The van der Waals surface area contributed by atoms with Crippen molar-refractivity contribution in [1.82, 2.24) is 4.90 Å². The number of carbonyl (C=O) groups is 1. The van der Waals surface area contributed by atoms with Crippen LogP contribution in [0.15, 0.2) is 47.4 Å². The number of rotatable bonds is 6. The number of nitrogens with one attached hydrogen (secondary N) is 1. The Morgan fingerprint density at radius 1 is 1.11 bits per heavy atom. The van der Waals surface area contributed by atoms with Crippen molar-refractivity contribution < 1.29 is 30.8 Å². The van der Waals surface area contributed by atoms with E-state index in [-0.39, 0.29) is 21.7 Å². The van der Waals surface area contributed by atoms with Crippen LogP contribution >= 0.6 is 0 Å². The molecule has 0 radical (unpaired) electrons. The maximum absolute atomic E-state index is 13.3. The predicted molar refractivity (Wildman–Crippen MR) is 96.0 cm³/mol. The van der Waals surface area contributed by atoms with Crippen LogP contribution in [-0.4, -0.2) is 39.0 Å². The second-order valence-corrected chi connectivity index (χ2v) is 7.87. The molecular weight excluding hydrogens is 400 g/mol. The van der Waals surface area contributed by atoms with Crippen LogP contribution in [0.1, 0.15) is 22.3 Å². The highest BCUT2D eigenvalue weighted by atomic mass is 32.2. The third kappa shape index (κ3) is 5.69. The van der Waals surface area contributed by atoms with Crippen molar-refractivity contribution >= 4 is 21.6 Å². The summed E-state index contributed by atoms with van der Waals surface area (Å²) >= 11 is 0. The third-order valence-corrected chi connectivity index (χ3v) is 5.28. The van der Waals surface area contributed by atoms with Crippen LogP contribution in [0.5, 0.6) is 0 Å². The van der Waals surface area contributed by atoms with Gasteiger partial charge in [-0.05, 0) is 55.0 Å². The van der Waals surface area contributed by atoms with Gasteiger partial charge in [-0.2, -0.15) is 13.2 Å². The Balaban J connectivity index is 2.09. The lowest BCUT2D eigenvalue weighted by molar-refractivity contribution is -0.136. The van der Waals surface area contributed by atoms with E-state index in [1.165, 1.54) is 44.3 Å². The van der Waals surface area contributed by atoms with Crippen LogP contribution in [-0.2, 0) is 10.0 Å². The van der Waals surface area contributed by atoms with Gasteiger partial charge in [0.05, 0.1) is 11.3 Å². The molecule has 0 saturated carbocycles. The molecule has 0 aliphatic carbocycles. The first kappa shape index (κ1) is 21.7. The van der Waals surface area contributed by atoms with Crippen molar-refractivity contribution in [3.63, 3.8) is 0 Å². The van der Waals surface area contributed by atoms with E-state index < -0.39 is 40.9 Å². The summed E-state index contributed by atoms with van der Waals surface area (Å²) in [7, 11) is -2.71. The fourth-order valence-corrected chi connectivity index (χ4v) is 3.44. The molecule has 2 aromatic carbocycles. The molecule has 2 rings (SSSR count). The fraction of sp³-hybridized carbons (Fsp3) is 0.278. The largest absolute Gasteiger partial charge is 0.390 e. The smallest absolute Gasteiger partial charge is 0.341 e. The molecule has 0 aliphatic rings. The molecule has 152 valence electrons. The number of hydrogen-bond donors (Lipinski definition) is 1. The quantitative estimate of drug-likeness (QED) is 0.723.